The number of piperidine rings is 3. The van der Waals surface area contributed by atoms with Crippen LogP contribution in [-0.4, -0.2) is 85.5 Å². The van der Waals surface area contributed by atoms with Gasteiger partial charge in [-0.1, -0.05) is 12.1 Å². The van der Waals surface area contributed by atoms with Crippen LogP contribution in [0.3, 0.4) is 0 Å². The summed E-state index contributed by atoms with van der Waals surface area (Å²) in [5.41, 5.74) is 12.1. The molecule has 6 aliphatic rings. The van der Waals surface area contributed by atoms with E-state index in [1.54, 1.807) is 13.2 Å². The zero-order chi connectivity index (χ0) is 34.5. The number of nitrogens with zero attached hydrogens (tertiary/aromatic N) is 2. The molecule has 0 aromatic heterocycles. The molecule has 3 aliphatic carbocycles. The van der Waals surface area contributed by atoms with Crippen LogP contribution < -0.4 is 15.8 Å². The summed E-state index contributed by atoms with van der Waals surface area (Å²) >= 11 is 0. The smallest absolute Gasteiger partial charge is 0.227 e. The summed E-state index contributed by atoms with van der Waals surface area (Å²) in [6.45, 7) is 5.95. The van der Waals surface area contributed by atoms with Crippen LogP contribution in [0.4, 0.5) is 5.69 Å². The third kappa shape index (κ3) is 6.52. The number of fused-ring (bicyclic) bond motifs is 1. The van der Waals surface area contributed by atoms with Crippen molar-refractivity contribution in [1.82, 2.24) is 15.1 Å². The first-order chi connectivity index (χ1) is 24.3. The second kappa shape index (κ2) is 13.9. The average molecular weight is 681 g/mol. The van der Waals surface area contributed by atoms with Crippen LogP contribution in [-0.2, 0) is 9.59 Å². The number of nitrogens with one attached hydrogen (secondary N) is 1. The number of Topliss-reactive ketones (excluding diaryl/α,β-unsaturated/α-hetero) is 3. The second-order valence-electron chi connectivity index (χ2n) is 16.1. The van der Waals surface area contributed by atoms with Gasteiger partial charge in [-0.25, -0.2) is 0 Å². The first-order valence-electron chi connectivity index (χ1n) is 19.2. The number of hydrogen-bond acceptors (Lipinski definition) is 8. The van der Waals surface area contributed by atoms with E-state index in [0.717, 1.165) is 29.8 Å². The van der Waals surface area contributed by atoms with Crippen molar-refractivity contribution in [2.75, 3.05) is 52.1 Å². The maximum atomic E-state index is 13.4. The molecule has 0 radical (unpaired) electrons. The molecule has 3 N–H and O–H groups in total. The number of methoxy groups -OCH3 is 1. The maximum Gasteiger partial charge on any atom is 0.227 e. The van der Waals surface area contributed by atoms with Gasteiger partial charge in [0.2, 0.25) is 5.91 Å². The molecule has 3 aliphatic heterocycles. The highest BCUT2D eigenvalue weighted by atomic mass is 16.5. The first-order valence-corrected chi connectivity index (χ1v) is 19.2. The molecule has 2 unspecified atom stereocenters. The Morgan fingerprint density at radius 1 is 0.760 bits per heavy atom. The number of hydrogen-bond donors (Lipinski definition) is 2. The third-order valence-electron chi connectivity index (χ3n) is 13.1. The fourth-order valence-electron chi connectivity index (χ4n) is 10.0. The Labute approximate surface area is 295 Å². The fraction of sp³-hybridized carbons (Fsp3) is 0.610. The molecule has 50 heavy (non-hydrogen) atoms. The minimum atomic E-state index is -1.00. The Bertz CT molecular complexity index is 1660. The number of benzene rings is 2. The lowest BCUT2D eigenvalue weighted by Crippen LogP contribution is -2.48. The van der Waals surface area contributed by atoms with E-state index in [4.69, 9.17) is 10.5 Å². The summed E-state index contributed by atoms with van der Waals surface area (Å²) in [5, 5.41) is 2.66. The fourth-order valence-corrected chi connectivity index (χ4v) is 10.0. The summed E-state index contributed by atoms with van der Waals surface area (Å²) in [5.74, 6) is 0.258. The highest BCUT2D eigenvalue weighted by Gasteiger charge is 2.47. The predicted molar refractivity (Wildman–Crippen MR) is 192 cm³/mol. The van der Waals surface area contributed by atoms with Crippen LogP contribution in [0.1, 0.15) is 126 Å². The zero-order valence-corrected chi connectivity index (χ0v) is 29.5. The quantitative estimate of drug-likeness (QED) is 0.278. The molecule has 3 saturated heterocycles. The van der Waals surface area contributed by atoms with Crippen molar-refractivity contribution in [3.8, 4) is 5.75 Å². The number of ketones is 3. The van der Waals surface area contributed by atoms with Crippen LogP contribution in [0.25, 0.3) is 0 Å². The SMILES string of the molecule is COc1cc(C2CCN(C3CCN(CC4CCC(c5ccc6c(c5)C(=O)C(C5CNC(=O)CC5=O)C6=O)CC4)CC3)CC2)c(C2CC2)cc1N. The van der Waals surface area contributed by atoms with Gasteiger partial charge < -0.3 is 25.6 Å². The van der Waals surface area contributed by atoms with E-state index in [0.29, 0.717) is 40.8 Å². The number of carbonyl (C=O) groups is 4. The van der Waals surface area contributed by atoms with Crippen molar-refractivity contribution in [3.05, 3.63) is 58.1 Å². The van der Waals surface area contributed by atoms with Gasteiger partial charge in [-0.3, -0.25) is 19.2 Å². The van der Waals surface area contributed by atoms with Crippen molar-refractivity contribution < 1.29 is 23.9 Å². The van der Waals surface area contributed by atoms with Crippen LogP contribution in [0.15, 0.2) is 30.3 Å². The van der Waals surface area contributed by atoms with Gasteiger partial charge in [-0.15, -0.1) is 0 Å². The second-order valence-corrected chi connectivity index (χ2v) is 16.1. The first kappa shape index (κ1) is 33.6. The van der Waals surface area contributed by atoms with E-state index in [9.17, 15) is 19.2 Å². The van der Waals surface area contributed by atoms with Gasteiger partial charge in [0.15, 0.2) is 11.6 Å². The number of nitrogens with two attached hydrogens (primary N) is 1. The molecule has 3 heterocycles. The van der Waals surface area contributed by atoms with E-state index in [1.807, 2.05) is 12.1 Å². The minimum Gasteiger partial charge on any atom is -0.495 e. The number of rotatable bonds is 8. The minimum absolute atomic E-state index is 0.0592. The Balaban J connectivity index is 0.797. The number of likely N-dealkylation sites (tertiary alicyclic amines) is 2. The zero-order valence-electron chi connectivity index (χ0n) is 29.5. The lowest BCUT2D eigenvalue weighted by molar-refractivity contribution is -0.134. The van der Waals surface area contributed by atoms with Crippen LogP contribution in [0, 0.1) is 17.8 Å². The molecule has 2 atom stereocenters. The molecule has 266 valence electrons. The number of nitrogen functional groups attached to an aromatic ring is 1. The van der Waals surface area contributed by atoms with Gasteiger partial charge in [0.25, 0.3) is 0 Å². The Hall–Kier alpha value is -3.56. The topological polar surface area (TPSA) is 122 Å². The van der Waals surface area contributed by atoms with Crippen molar-refractivity contribution >= 4 is 28.9 Å². The molecule has 8 rings (SSSR count). The number of amides is 1. The van der Waals surface area contributed by atoms with E-state index in [1.165, 1.54) is 95.2 Å². The van der Waals surface area contributed by atoms with Gasteiger partial charge in [0.05, 0.1) is 31.1 Å². The molecular formula is C41H52N4O5. The molecule has 5 fully saturated rings. The van der Waals surface area contributed by atoms with Crippen molar-refractivity contribution in [2.45, 2.75) is 94.4 Å². The van der Waals surface area contributed by atoms with Crippen molar-refractivity contribution in [1.29, 1.82) is 0 Å². The van der Waals surface area contributed by atoms with Gasteiger partial charge in [0.1, 0.15) is 11.5 Å². The monoisotopic (exact) mass is 680 g/mol. The Morgan fingerprint density at radius 2 is 1.42 bits per heavy atom. The molecular weight excluding hydrogens is 628 g/mol. The number of anilines is 1. The molecule has 9 nitrogen and oxygen atoms in total. The van der Waals surface area contributed by atoms with Crippen LogP contribution >= 0.6 is 0 Å². The largest absolute Gasteiger partial charge is 0.495 e. The standard InChI is InChI=1S/C41H52N4O5/c1-50-37-20-32(31(19-35(37)42)26-6-7-26)27-10-16-45(17-11-27)29-12-14-44(15-13-29)23-24-2-4-25(5-3-24)28-8-9-30-33(18-28)41(49)39(40(30)48)34-22-43-38(47)21-36(34)46/h8-9,18-20,24-27,29,34,39H,2-7,10-17,21-23,42H2,1H3,(H,43,47). The third-order valence-corrected chi connectivity index (χ3v) is 13.1. The number of ether oxygens (including phenoxy) is 1. The summed E-state index contributed by atoms with van der Waals surface area (Å²) in [7, 11) is 1.72. The van der Waals surface area contributed by atoms with E-state index in [-0.39, 0.29) is 36.2 Å². The molecule has 1 amide bonds. The number of carbonyl (C=O) groups excluding carboxylic acids is 4. The molecule has 2 saturated carbocycles. The Morgan fingerprint density at radius 3 is 2.10 bits per heavy atom. The highest BCUT2D eigenvalue weighted by molar-refractivity contribution is 6.28. The average Bonchev–Trinajstić information content (AvgIpc) is 3.95. The summed E-state index contributed by atoms with van der Waals surface area (Å²) in [6.07, 6.45) is 11.8. The molecule has 9 heteroatoms. The van der Waals surface area contributed by atoms with Crippen LogP contribution in [0.2, 0.25) is 0 Å². The lowest BCUT2D eigenvalue weighted by atomic mass is 9.78. The van der Waals surface area contributed by atoms with Gasteiger partial charge in [-0.2, -0.15) is 0 Å². The maximum absolute atomic E-state index is 13.4. The van der Waals surface area contributed by atoms with Crippen molar-refractivity contribution in [2.24, 2.45) is 17.8 Å². The summed E-state index contributed by atoms with van der Waals surface area (Å²) < 4.78 is 5.61. The van der Waals surface area contributed by atoms with E-state index in [2.05, 4.69) is 27.2 Å². The van der Waals surface area contributed by atoms with Gasteiger partial charge in [0, 0.05) is 30.3 Å². The summed E-state index contributed by atoms with van der Waals surface area (Å²) in [6, 6.07) is 10.9. The molecule has 2 aromatic rings. The van der Waals surface area contributed by atoms with E-state index < -0.39 is 11.8 Å². The van der Waals surface area contributed by atoms with Gasteiger partial charge in [-0.05, 0) is 149 Å². The summed E-state index contributed by atoms with van der Waals surface area (Å²) in [4.78, 5) is 56.2. The predicted octanol–water partition coefficient (Wildman–Crippen LogP) is 5.47. The normalized spacial score (nSPS) is 28.9. The van der Waals surface area contributed by atoms with Crippen LogP contribution in [0.5, 0.6) is 5.75 Å². The lowest BCUT2D eigenvalue weighted by Gasteiger charge is -2.43. The van der Waals surface area contributed by atoms with E-state index >= 15 is 0 Å². The molecule has 0 bridgehead atoms. The van der Waals surface area contributed by atoms with Crippen molar-refractivity contribution in [3.63, 3.8) is 0 Å². The molecule has 0 spiro atoms. The van der Waals surface area contributed by atoms with Gasteiger partial charge >= 0.3 is 0 Å². The Kier molecular flexibility index (Phi) is 9.31. The highest BCUT2D eigenvalue weighted by Crippen LogP contribution is 2.48. The molecule has 2 aromatic carbocycles.